The third-order valence-electron chi connectivity index (χ3n) is 5.24. The highest BCUT2D eigenvalue weighted by Gasteiger charge is 2.30. The number of nitrogens with one attached hydrogen (secondary N) is 1. The molecule has 0 aromatic heterocycles. The predicted octanol–water partition coefficient (Wildman–Crippen LogP) is 3.09. The molecule has 2 aromatic rings. The summed E-state index contributed by atoms with van der Waals surface area (Å²) in [6, 6.07) is 10.6. The number of nitrogens with zero attached hydrogens (tertiary/aromatic N) is 1. The summed E-state index contributed by atoms with van der Waals surface area (Å²) in [4.78, 5) is 14.9. The van der Waals surface area contributed by atoms with Crippen LogP contribution in [0.15, 0.2) is 36.4 Å². The number of carbonyl (C=O) groups excluding carboxylic acids is 1. The molecule has 142 valence electrons. The Morgan fingerprint density at radius 1 is 1.26 bits per heavy atom. The molecule has 2 atom stereocenters. The highest BCUT2D eigenvalue weighted by atomic mass is 19.1. The molecule has 2 aliphatic heterocycles. The smallest absolute Gasteiger partial charge is 0.339 e. The van der Waals surface area contributed by atoms with Gasteiger partial charge in [0.25, 0.3) is 0 Å². The number of carbonyl (C=O) groups is 1. The second-order valence-corrected chi connectivity index (χ2v) is 7.13. The van der Waals surface area contributed by atoms with Crippen LogP contribution in [0.4, 0.5) is 10.1 Å². The Morgan fingerprint density at radius 2 is 2.11 bits per heavy atom. The average Bonchev–Trinajstić information content (AvgIpc) is 2.67. The van der Waals surface area contributed by atoms with Crippen molar-refractivity contribution in [3.8, 4) is 5.75 Å². The van der Waals surface area contributed by atoms with Gasteiger partial charge in [0.1, 0.15) is 17.7 Å². The first-order valence-electron chi connectivity index (χ1n) is 9.21. The van der Waals surface area contributed by atoms with E-state index in [1.807, 2.05) is 12.1 Å². The van der Waals surface area contributed by atoms with E-state index in [2.05, 4.69) is 23.2 Å². The van der Waals surface area contributed by atoms with E-state index in [0.29, 0.717) is 29.3 Å². The van der Waals surface area contributed by atoms with E-state index >= 15 is 0 Å². The fourth-order valence-electron chi connectivity index (χ4n) is 3.86. The minimum atomic E-state index is -0.555. The highest BCUT2D eigenvalue weighted by Crippen LogP contribution is 2.36. The van der Waals surface area contributed by atoms with Crippen LogP contribution >= 0.6 is 0 Å². The van der Waals surface area contributed by atoms with Crippen molar-refractivity contribution >= 4 is 11.7 Å². The molecule has 0 radical (unpaired) electrons. The largest absolute Gasteiger partial charge is 0.496 e. The molecule has 1 fully saturated rings. The van der Waals surface area contributed by atoms with Crippen molar-refractivity contribution in [1.82, 2.24) is 5.32 Å². The standard InChI is InChI=1S/C21H23FN2O3/c1-13-12-24(8-7-23-13)16-5-3-14-9-20(27-21(25)17(14)11-16)18-10-15(22)4-6-19(18)26-2/h3-6,10-11,13,20,23H,7-9,12H2,1-2H3/t13-,20?/m0/s1. The topological polar surface area (TPSA) is 50.8 Å². The first-order valence-corrected chi connectivity index (χ1v) is 9.21. The van der Waals surface area contributed by atoms with Gasteiger partial charge in [-0.1, -0.05) is 6.07 Å². The van der Waals surface area contributed by atoms with Gasteiger partial charge in [-0.25, -0.2) is 9.18 Å². The zero-order valence-corrected chi connectivity index (χ0v) is 15.5. The van der Waals surface area contributed by atoms with Crippen molar-refractivity contribution in [2.75, 3.05) is 31.6 Å². The van der Waals surface area contributed by atoms with Gasteiger partial charge in [-0.3, -0.25) is 0 Å². The summed E-state index contributed by atoms with van der Waals surface area (Å²) >= 11 is 0. The van der Waals surface area contributed by atoms with Crippen LogP contribution in [-0.2, 0) is 11.2 Å². The molecule has 27 heavy (non-hydrogen) atoms. The van der Waals surface area contributed by atoms with E-state index < -0.39 is 6.10 Å². The summed E-state index contributed by atoms with van der Waals surface area (Å²) in [6.07, 6.45) is -0.0558. The molecule has 0 amide bonds. The van der Waals surface area contributed by atoms with E-state index in [9.17, 15) is 9.18 Å². The van der Waals surface area contributed by atoms with Gasteiger partial charge in [0.2, 0.25) is 0 Å². The van der Waals surface area contributed by atoms with E-state index in [1.165, 1.54) is 19.2 Å². The zero-order valence-electron chi connectivity index (χ0n) is 15.5. The predicted molar refractivity (Wildman–Crippen MR) is 101 cm³/mol. The van der Waals surface area contributed by atoms with Crippen molar-refractivity contribution in [1.29, 1.82) is 0 Å². The molecule has 1 unspecified atom stereocenters. The number of methoxy groups -OCH3 is 1. The number of cyclic esters (lactones) is 1. The minimum Gasteiger partial charge on any atom is -0.496 e. The molecule has 0 aliphatic carbocycles. The molecular weight excluding hydrogens is 347 g/mol. The maximum Gasteiger partial charge on any atom is 0.339 e. The molecule has 2 aliphatic rings. The first-order chi connectivity index (χ1) is 13.0. The number of benzene rings is 2. The van der Waals surface area contributed by atoms with Crippen molar-refractivity contribution < 1.29 is 18.7 Å². The SMILES string of the molecule is COc1ccc(F)cc1C1Cc2ccc(N3CCN[C@@H](C)C3)cc2C(=O)O1. The van der Waals surface area contributed by atoms with Gasteiger partial charge in [-0.05, 0) is 42.8 Å². The second-order valence-electron chi connectivity index (χ2n) is 7.13. The lowest BCUT2D eigenvalue weighted by Gasteiger charge is -2.34. The van der Waals surface area contributed by atoms with Gasteiger partial charge in [-0.15, -0.1) is 0 Å². The molecule has 4 rings (SSSR count). The van der Waals surface area contributed by atoms with Crippen LogP contribution in [-0.4, -0.2) is 38.8 Å². The number of ether oxygens (including phenoxy) is 2. The Morgan fingerprint density at radius 3 is 2.89 bits per heavy atom. The number of rotatable bonds is 3. The summed E-state index contributed by atoms with van der Waals surface area (Å²) in [5, 5.41) is 3.42. The molecule has 5 nitrogen and oxygen atoms in total. The van der Waals surface area contributed by atoms with Gasteiger partial charge < -0.3 is 19.7 Å². The van der Waals surface area contributed by atoms with Crippen LogP contribution in [0.1, 0.15) is 34.5 Å². The van der Waals surface area contributed by atoms with E-state index in [0.717, 1.165) is 30.9 Å². The number of hydrogen-bond acceptors (Lipinski definition) is 5. The molecule has 0 bridgehead atoms. The fraction of sp³-hybridized carbons (Fsp3) is 0.381. The number of halogens is 1. The second kappa shape index (κ2) is 7.19. The highest BCUT2D eigenvalue weighted by molar-refractivity contribution is 5.93. The minimum absolute atomic E-state index is 0.377. The Bertz CT molecular complexity index is 871. The monoisotopic (exact) mass is 370 g/mol. The third kappa shape index (κ3) is 3.49. The lowest BCUT2D eigenvalue weighted by Crippen LogP contribution is -2.49. The van der Waals surface area contributed by atoms with Crippen LogP contribution in [0.25, 0.3) is 0 Å². The summed E-state index contributed by atoms with van der Waals surface area (Å²) in [6.45, 7) is 4.87. The molecule has 1 N–H and O–H groups in total. The molecule has 0 spiro atoms. The van der Waals surface area contributed by atoms with Gasteiger partial charge in [-0.2, -0.15) is 0 Å². The van der Waals surface area contributed by atoms with Crippen molar-refractivity contribution in [3.63, 3.8) is 0 Å². The lowest BCUT2D eigenvalue weighted by molar-refractivity contribution is 0.0247. The number of esters is 1. The molecule has 2 heterocycles. The van der Waals surface area contributed by atoms with Crippen LogP contribution in [0.3, 0.4) is 0 Å². The van der Waals surface area contributed by atoms with Crippen molar-refractivity contribution in [3.05, 3.63) is 58.9 Å². The van der Waals surface area contributed by atoms with Crippen molar-refractivity contribution in [2.45, 2.75) is 25.5 Å². The Hall–Kier alpha value is -2.60. The number of fused-ring (bicyclic) bond motifs is 1. The summed E-state index contributed by atoms with van der Waals surface area (Å²) < 4.78 is 24.7. The number of anilines is 1. The van der Waals surface area contributed by atoms with Gasteiger partial charge in [0, 0.05) is 43.3 Å². The zero-order chi connectivity index (χ0) is 19.0. The number of piperazine rings is 1. The Labute approximate surface area is 158 Å². The third-order valence-corrected chi connectivity index (χ3v) is 5.24. The Kier molecular flexibility index (Phi) is 4.74. The van der Waals surface area contributed by atoms with Crippen LogP contribution in [0.2, 0.25) is 0 Å². The Balaban J connectivity index is 1.62. The first kappa shape index (κ1) is 17.8. The van der Waals surface area contributed by atoms with Gasteiger partial charge in [0.15, 0.2) is 0 Å². The normalized spacial score (nSPS) is 22.2. The van der Waals surface area contributed by atoms with Crippen LogP contribution in [0, 0.1) is 5.82 Å². The fourth-order valence-corrected chi connectivity index (χ4v) is 3.86. The molecule has 0 saturated carbocycles. The van der Waals surface area contributed by atoms with E-state index in [-0.39, 0.29) is 11.8 Å². The molecular formula is C21H23FN2O3. The van der Waals surface area contributed by atoms with Gasteiger partial charge in [0.05, 0.1) is 12.7 Å². The summed E-state index contributed by atoms with van der Waals surface area (Å²) in [5.74, 6) is -0.238. The lowest BCUT2D eigenvalue weighted by atomic mass is 9.93. The number of hydrogen-bond donors (Lipinski definition) is 1. The maximum absolute atomic E-state index is 13.7. The molecule has 2 aromatic carbocycles. The quantitative estimate of drug-likeness (QED) is 0.842. The molecule has 6 heteroatoms. The van der Waals surface area contributed by atoms with Crippen molar-refractivity contribution in [2.24, 2.45) is 0 Å². The van der Waals surface area contributed by atoms with Crippen LogP contribution < -0.4 is 15.0 Å². The molecule has 1 saturated heterocycles. The van der Waals surface area contributed by atoms with Crippen LogP contribution in [0.5, 0.6) is 5.75 Å². The van der Waals surface area contributed by atoms with E-state index in [4.69, 9.17) is 9.47 Å². The van der Waals surface area contributed by atoms with E-state index in [1.54, 1.807) is 6.07 Å². The average molecular weight is 370 g/mol. The van der Waals surface area contributed by atoms with Gasteiger partial charge >= 0.3 is 5.97 Å². The summed E-state index contributed by atoms with van der Waals surface area (Å²) in [7, 11) is 1.52. The summed E-state index contributed by atoms with van der Waals surface area (Å²) in [5.41, 5.74) is 3.08. The maximum atomic E-state index is 13.7.